The molecule has 4 saturated carbocycles. The molecule has 0 spiro atoms. The second-order valence-electron chi connectivity index (χ2n) is 6.87. The third-order valence-electron chi connectivity index (χ3n) is 5.27. The standard InChI is InChI=1S/C15H28N2/c1-2-3-16-4-5-17-15-9-12-6-13(10-15)8-14(7-12)11-15/h12-14,16-17H,2-11H2,1H3. The molecule has 2 N–H and O–H groups in total. The second kappa shape index (κ2) is 4.89. The molecule has 0 radical (unpaired) electrons. The first-order valence-corrected chi connectivity index (χ1v) is 7.75. The molecule has 0 aliphatic heterocycles. The van der Waals surface area contributed by atoms with Gasteiger partial charge < -0.3 is 10.6 Å². The van der Waals surface area contributed by atoms with E-state index in [1.807, 2.05) is 0 Å². The van der Waals surface area contributed by atoms with Crippen molar-refractivity contribution in [3.05, 3.63) is 0 Å². The summed E-state index contributed by atoms with van der Waals surface area (Å²) in [4.78, 5) is 0. The zero-order valence-corrected chi connectivity index (χ0v) is 11.3. The normalized spacial score (nSPS) is 43.2. The summed E-state index contributed by atoms with van der Waals surface area (Å²) < 4.78 is 0. The Morgan fingerprint density at radius 3 is 2.00 bits per heavy atom. The van der Waals surface area contributed by atoms with Gasteiger partial charge in [-0.1, -0.05) is 6.92 Å². The van der Waals surface area contributed by atoms with E-state index in [4.69, 9.17) is 0 Å². The topological polar surface area (TPSA) is 24.1 Å². The summed E-state index contributed by atoms with van der Waals surface area (Å²) in [6, 6.07) is 0. The molecule has 0 saturated heterocycles. The fourth-order valence-electron chi connectivity index (χ4n) is 5.04. The average molecular weight is 236 g/mol. The predicted molar refractivity (Wildman–Crippen MR) is 72.1 cm³/mol. The van der Waals surface area contributed by atoms with Gasteiger partial charge in [0.1, 0.15) is 0 Å². The van der Waals surface area contributed by atoms with Gasteiger partial charge in [-0.25, -0.2) is 0 Å². The van der Waals surface area contributed by atoms with Gasteiger partial charge in [0.25, 0.3) is 0 Å². The molecule has 2 nitrogen and oxygen atoms in total. The fraction of sp³-hybridized carbons (Fsp3) is 1.00. The van der Waals surface area contributed by atoms with Gasteiger partial charge in [-0.3, -0.25) is 0 Å². The van der Waals surface area contributed by atoms with E-state index >= 15 is 0 Å². The molecular formula is C15H28N2. The Morgan fingerprint density at radius 1 is 0.882 bits per heavy atom. The third kappa shape index (κ3) is 2.53. The lowest BCUT2D eigenvalue weighted by molar-refractivity contribution is -0.0192. The van der Waals surface area contributed by atoms with E-state index in [1.54, 1.807) is 19.3 Å². The molecule has 4 bridgehead atoms. The van der Waals surface area contributed by atoms with Crippen molar-refractivity contribution in [1.82, 2.24) is 10.6 Å². The van der Waals surface area contributed by atoms with Crippen molar-refractivity contribution in [3.8, 4) is 0 Å². The summed E-state index contributed by atoms with van der Waals surface area (Å²) in [7, 11) is 0. The molecule has 0 aromatic carbocycles. The Balaban J connectivity index is 1.49. The first-order valence-electron chi connectivity index (χ1n) is 7.75. The fourth-order valence-corrected chi connectivity index (χ4v) is 5.04. The molecule has 0 amide bonds. The Hall–Kier alpha value is -0.0800. The summed E-state index contributed by atoms with van der Waals surface area (Å²) in [5.74, 6) is 3.20. The van der Waals surface area contributed by atoms with Crippen LogP contribution in [0.3, 0.4) is 0 Å². The summed E-state index contributed by atoms with van der Waals surface area (Å²) in [5, 5.41) is 7.43. The lowest BCUT2D eigenvalue weighted by Gasteiger charge is -2.57. The van der Waals surface area contributed by atoms with E-state index in [0.717, 1.165) is 24.3 Å². The molecule has 0 aromatic heterocycles. The van der Waals surface area contributed by atoms with Gasteiger partial charge in [0, 0.05) is 18.6 Å². The van der Waals surface area contributed by atoms with Crippen molar-refractivity contribution < 1.29 is 0 Å². The lowest BCUT2D eigenvalue weighted by Crippen LogP contribution is -2.59. The number of hydrogen-bond acceptors (Lipinski definition) is 2. The van der Waals surface area contributed by atoms with Crippen LogP contribution in [0.2, 0.25) is 0 Å². The zero-order chi connectivity index (χ0) is 11.7. The molecule has 0 atom stereocenters. The summed E-state index contributed by atoms with van der Waals surface area (Å²) >= 11 is 0. The summed E-state index contributed by atoms with van der Waals surface area (Å²) in [6.07, 6.45) is 10.3. The molecule has 4 aliphatic rings. The second-order valence-corrected chi connectivity index (χ2v) is 6.87. The molecule has 4 aliphatic carbocycles. The van der Waals surface area contributed by atoms with Gasteiger partial charge in [0.05, 0.1) is 0 Å². The van der Waals surface area contributed by atoms with Gasteiger partial charge in [0.2, 0.25) is 0 Å². The van der Waals surface area contributed by atoms with E-state index in [0.29, 0.717) is 5.54 Å². The minimum atomic E-state index is 0.558. The maximum Gasteiger partial charge on any atom is 0.0190 e. The van der Waals surface area contributed by atoms with Crippen LogP contribution in [0.4, 0.5) is 0 Å². The Morgan fingerprint density at radius 2 is 1.47 bits per heavy atom. The van der Waals surface area contributed by atoms with E-state index in [1.165, 1.54) is 38.8 Å². The Bertz CT molecular complexity index is 226. The predicted octanol–water partition coefficient (Wildman–Crippen LogP) is 2.54. The minimum Gasteiger partial charge on any atom is -0.315 e. The minimum absolute atomic E-state index is 0.558. The van der Waals surface area contributed by atoms with Gasteiger partial charge in [-0.05, 0) is 69.2 Å². The maximum absolute atomic E-state index is 3.92. The van der Waals surface area contributed by atoms with Crippen LogP contribution in [0, 0.1) is 17.8 Å². The molecule has 4 fully saturated rings. The highest BCUT2D eigenvalue weighted by molar-refractivity contribution is 5.06. The van der Waals surface area contributed by atoms with Gasteiger partial charge >= 0.3 is 0 Å². The van der Waals surface area contributed by atoms with Gasteiger partial charge in [-0.2, -0.15) is 0 Å². The van der Waals surface area contributed by atoms with Crippen molar-refractivity contribution >= 4 is 0 Å². The maximum atomic E-state index is 3.92. The van der Waals surface area contributed by atoms with Gasteiger partial charge in [0.15, 0.2) is 0 Å². The van der Waals surface area contributed by atoms with Crippen molar-refractivity contribution in [2.45, 2.75) is 57.4 Å². The van der Waals surface area contributed by atoms with Crippen LogP contribution in [-0.4, -0.2) is 25.2 Å². The van der Waals surface area contributed by atoms with Crippen LogP contribution in [0.5, 0.6) is 0 Å². The van der Waals surface area contributed by atoms with Crippen LogP contribution in [0.15, 0.2) is 0 Å². The van der Waals surface area contributed by atoms with Crippen molar-refractivity contribution in [2.24, 2.45) is 17.8 Å². The van der Waals surface area contributed by atoms with E-state index in [9.17, 15) is 0 Å². The first-order chi connectivity index (χ1) is 8.30. The smallest absolute Gasteiger partial charge is 0.0190 e. The van der Waals surface area contributed by atoms with Crippen LogP contribution in [-0.2, 0) is 0 Å². The molecule has 98 valence electrons. The highest BCUT2D eigenvalue weighted by atomic mass is 15.0. The number of nitrogens with one attached hydrogen (secondary N) is 2. The van der Waals surface area contributed by atoms with Crippen LogP contribution < -0.4 is 10.6 Å². The zero-order valence-electron chi connectivity index (χ0n) is 11.3. The van der Waals surface area contributed by atoms with Crippen molar-refractivity contribution in [1.29, 1.82) is 0 Å². The summed E-state index contributed by atoms with van der Waals surface area (Å²) in [5.41, 5.74) is 0.558. The third-order valence-corrected chi connectivity index (χ3v) is 5.27. The molecule has 0 heterocycles. The number of rotatable bonds is 6. The largest absolute Gasteiger partial charge is 0.315 e. The van der Waals surface area contributed by atoms with E-state index < -0.39 is 0 Å². The SMILES string of the molecule is CCCNCCNC12CC3CC(CC(C3)C1)C2. The Kier molecular flexibility index (Phi) is 3.45. The van der Waals surface area contributed by atoms with Gasteiger partial charge in [-0.15, -0.1) is 0 Å². The molecule has 0 unspecified atom stereocenters. The average Bonchev–Trinajstić information content (AvgIpc) is 2.26. The number of hydrogen-bond donors (Lipinski definition) is 2. The quantitative estimate of drug-likeness (QED) is 0.693. The van der Waals surface area contributed by atoms with Crippen molar-refractivity contribution in [3.63, 3.8) is 0 Å². The highest BCUT2D eigenvalue weighted by Crippen LogP contribution is 2.55. The molecule has 0 aromatic rings. The molecule has 4 rings (SSSR count). The van der Waals surface area contributed by atoms with Crippen LogP contribution in [0.25, 0.3) is 0 Å². The molecule has 17 heavy (non-hydrogen) atoms. The van der Waals surface area contributed by atoms with Crippen LogP contribution >= 0.6 is 0 Å². The monoisotopic (exact) mass is 236 g/mol. The highest BCUT2D eigenvalue weighted by Gasteiger charge is 2.50. The first kappa shape index (κ1) is 12.0. The van der Waals surface area contributed by atoms with E-state index in [2.05, 4.69) is 17.6 Å². The summed E-state index contributed by atoms with van der Waals surface area (Å²) in [6.45, 7) is 5.73. The van der Waals surface area contributed by atoms with Crippen molar-refractivity contribution in [2.75, 3.05) is 19.6 Å². The molecular weight excluding hydrogens is 208 g/mol. The lowest BCUT2D eigenvalue weighted by atomic mass is 9.53. The van der Waals surface area contributed by atoms with Crippen LogP contribution in [0.1, 0.15) is 51.9 Å². The Labute approximate surface area is 106 Å². The molecule has 2 heteroatoms. The van der Waals surface area contributed by atoms with E-state index in [-0.39, 0.29) is 0 Å².